The highest BCUT2D eigenvalue weighted by Gasteiger charge is 2.02. The average molecular weight is 213 g/mol. The second kappa shape index (κ2) is 2.97. The zero-order valence-electron chi connectivity index (χ0n) is 6.45. The lowest BCUT2D eigenvalue weighted by Crippen LogP contribution is -2.00. The number of anilines is 1. The molecule has 0 radical (unpaired) electrons. The third-order valence-electron chi connectivity index (χ3n) is 1.61. The van der Waals surface area contributed by atoms with Gasteiger partial charge in [0.15, 0.2) is 5.13 Å². The molecule has 2 N–H and O–H groups in total. The molecule has 1 heterocycles. The summed E-state index contributed by atoms with van der Waals surface area (Å²) in [6.45, 7) is 0. The molecule has 0 saturated heterocycles. The van der Waals surface area contributed by atoms with Crippen LogP contribution in [0.25, 0.3) is 10.9 Å². The molecular weight excluding hydrogens is 208 g/mol. The van der Waals surface area contributed by atoms with Gasteiger partial charge in [-0.2, -0.15) is 0 Å². The van der Waals surface area contributed by atoms with Crippen LogP contribution in [-0.4, -0.2) is 4.98 Å². The van der Waals surface area contributed by atoms with Crippen molar-refractivity contribution < 1.29 is 0 Å². The van der Waals surface area contributed by atoms with Crippen molar-refractivity contribution in [1.82, 2.24) is 4.98 Å². The van der Waals surface area contributed by atoms with E-state index in [0.29, 0.717) is 15.9 Å². The molecule has 0 spiro atoms. The maximum Gasteiger partial charge on any atom is 0.245 e. The monoisotopic (exact) mass is 212 g/mol. The van der Waals surface area contributed by atoms with Gasteiger partial charge in [0, 0.05) is 5.02 Å². The quantitative estimate of drug-likeness (QED) is 0.726. The van der Waals surface area contributed by atoms with Crippen molar-refractivity contribution >= 4 is 39.0 Å². The van der Waals surface area contributed by atoms with E-state index in [1.165, 1.54) is 0 Å². The first-order chi connectivity index (χ1) is 6.16. The zero-order chi connectivity index (χ0) is 9.42. The first kappa shape index (κ1) is 8.47. The Morgan fingerprint density at radius 1 is 1.46 bits per heavy atom. The summed E-state index contributed by atoms with van der Waals surface area (Å²) in [5.41, 5.74) is 6.03. The molecule has 1 aromatic heterocycles. The molecule has 66 valence electrons. The molecule has 2 rings (SSSR count). The van der Waals surface area contributed by atoms with E-state index in [9.17, 15) is 4.79 Å². The highest BCUT2D eigenvalue weighted by molar-refractivity contribution is 7.13. The Hall–Kier alpha value is -1.13. The SMILES string of the molecule is Nc1nc2ccc(Cl)cc2c(=O)s1. The molecule has 0 aliphatic heterocycles. The van der Waals surface area contributed by atoms with E-state index in [2.05, 4.69) is 4.98 Å². The Balaban J connectivity index is 2.95. The van der Waals surface area contributed by atoms with Crippen molar-refractivity contribution in [2.24, 2.45) is 0 Å². The molecule has 0 aliphatic carbocycles. The number of hydrogen-bond acceptors (Lipinski definition) is 4. The highest BCUT2D eigenvalue weighted by atomic mass is 35.5. The second-order valence-electron chi connectivity index (χ2n) is 2.50. The van der Waals surface area contributed by atoms with Crippen molar-refractivity contribution in [2.75, 3.05) is 5.73 Å². The summed E-state index contributed by atoms with van der Waals surface area (Å²) < 4.78 is -0.106. The molecule has 2 aromatic rings. The van der Waals surface area contributed by atoms with Gasteiger partial charge in [-0.15, -0.1) is 0 Å². The van der Waals surface area contributed by atoms with E-state index >= 15 is 0 Å². The normalized spacial score (nSPS) is 10.5. The molecule has 0 atom stereocenters. The summed E-state index contributed by atoms with van der Waals surface area (Å²) in [7, 11) is 0. The summed E-state index contributed by atoms with van der Waals surface area (Å²) in [4.78, 5) is 15.4. The first-order valence-electron chi connectivity index (χ1n) is 3.53. The Labute approximate surface area is 82.8 Å². The van der Waals surface area contributed by atoms with Crippen LogP contribution in [0.5, 0.6) is 0 Å². The van der Waals surface area contributed by atoms with Crippen molar-refractivity contribution in [3.63, 3.8) is 0 Å². The maximum atomic E-state index is 11.4. The van der Waals surface area contributed by atoms with Gasteiger partial charge in [0.2, 0.25) is 4.74 Å². The van der Waals surface area contributed by atoms with Gasteiger partial charge in [-0.3, -0.25) is 4.79 Å². The number of nitrogens with two attached hydrogens (primary N) is 1. The van der Waals surface area contributed by atoms with Gasteiger partial charge in [-0.25, -0.2) is 4.98 Å². The topological polar surface area (TPSA) is 56.0 Å². The van der Waals surface area contributed by atoms with Crippen molar-refractivity contribution in [1.29, 1.82) is 0 Å². The molecule has 13 heavy (non-hydrogen) atoms. The molecule has 0 aliphatic rings. The number of hydrogen-bond donors (Lipinski definition) is 1. The molecule has 0 fully saturated rings. The number of aromatic nitrogens is 1. The van der Waals surface area contributed by atoms with Crippen molar-refractivity contribution in [2.45, 2.75) is 0 Å². The first-order valence-corrected chi connectivity index (χ1v) is 4.72. The van der Waals surface area contributed by atoms with Gasteiger partial charge >= 0.3 is 0 Å². The van der Waals surface area contributed by atoms with Crippen LogP contribution in [0.2, 0.25) is 5.02 Å². The number of fused-ring (bicyclic) bond motifs is 1. The lowest BCUT2D eigenvalue weighted by Gasteiger charge is -1.96. The minimum atomic E-state index is -0.106. The van der Waals surface area contributed by atoms with Crippen LogP contribution in [-0.2, 0) is 0 Å². The number of nitrogen functional groups attached to an aromatic ring is 1. The Bertz CT molecular complexity index is 523. The van der Waals surface area contributed by atoms with Gasteiger partial charge in [0.05, 0.1) is 10.9 Å². The Morgan fingerprint density at radius 3 is 3.00 bits per heavy atom. The number of nitrogens with zero attached hydrogens (tertiary/aromatic N) is 1. The van der Waals surface area contributed by atoms with Gasteiger partial charge in [-0.1, -0.05) is 22.9 Å². The largest absolute Gasteiger partial charge is 0.375 e. The number of halogens is 1. The standard InChI is InChI=1S/C8H5ClN2OS/c9-4-1-2-6-5(3-4)7(12)13-8(10)11-6/h1-3H,(H2,10,11). The van der Waals surface area contributed by atoms with Crippen LogP contribution in [0.1, 0.15) is 0 Å². The van der Waals surface area contributed by atoms with Crippen LogP contribution >= 0.6 is 22.9 Å². The lowest BCUT2D eigenvalue weighted by molar-refractivity contribution is 1.47. The third kappa shape index (κ3) is 1.50. The smallest absolute Gasteiger partial charge is 0.245 e. The summed E-state index contributed by atoms with van der Waals surface area (Å²) in [6, 6.07) is 4.96. The zero-order valence-corrected chi connectivity index (χ0v) is 8.02. The van der Waals surface area contributed by atoms with E-state index < -0.39 is 0 Å². The fourth-order valence-corrected chi connectivity index (χ4v) is 1.84. The Kier molecular flexibility index (Phi) is 1.94. The molecular formula is C8H5ClN2OS. The van der Waals surface area contributed by atoms with Gasteiger partial charge in [0.25, 0.3) is 0 Å². The van der Waals surface area contributed by atoms with Crippen molar-refractivity contribution in [3.05, 3.63) is 32.8 Å². The van der Waals surface area contributed by atoms with E-state index in [0.717, 1.165) is 11.3 Å². The molecule has 0 bridgehead atoms. The van der Waals surface area contributed by atoms with Crippen LogP contribution in [0.4, 0.5) is 5.13 Å². The Morgan fingerprint density at radius 2 is 2.23 bits per heavy atom. The minimum Gasteiger partial charge on any atom is -0.375 e. The molecule has 3 nitrogen and oxygen atoms in total. The molecule has 1 aromatic carbocycles. The van der Waals surface area contributed by atoms with Gasteiger partial charge < -0.3 is 5.73 Å². The maximum absolute atomic E-state index is 11.4. The van der Waals surface area contributed by atoms with Crippen LogP contribution in [0.3, 0.4) is 0 Å². The lowest BCUT2D eigenvalue weighted by atomic mass is 10.2. The molecule has 0 unspecified atom stereocenters. The van der Waals surface area contributed by atoms with Crippen LogP contribution in [0.15, 0.2) is 23.0 Å². The van der Waals surface area contributed by atoms with Gasteiger partial charge in [0.1, 0.15) is 0 Å². The van der Waals surface area contributed by atoms with Crippen LogP contribution < -0.4 is 10.5 Å². The molecule has 0 saturated carbocycles. The predicted octanol–water partition coefficient (Wildman–Crippen LogP) is 1.89. The molecule has 5 heteroatoms. The summed E-state index contributed by atoms with van der Waals surface area (Å²) in [5, 5.41) is 1.33. The second-order valence-corrected chi connectivity index (χ2v) is 3.93. The van der Waals surface area contributed by atoms with E-state index in [4.69, 9.17) is 17.3 Å². The highest BCUT2D eigenvalue weighted by Crippen LogP contribution is 2.17. The van der Waals surface area contributed by atoms with Gasteiger partial charge in [-0.05, 0) is 18.2 Å². The fraction of sp³-hybridized carbons (Fsp3) is 0. The summed E-state index contributed by atoms with van der Waals surface area (Å²) >= 11 is 6.66. The minimum absolute atomic E-state index is 0.106. The fourth-order valence-electron chi connectivity index (χ4n) is 1.06. The van der Waals surface area contributed by atoms with E-state index in [1.54, 1.807) is 18.2 Å². The van der Waals surface area contributed by atoms with Crippen LogP contribution in [0, 0.1) is 0 Å². The number of benzene rings is 1. The summed E-state index contributed by atoms with van der Waals surface area (Å²) in [6.07, 6.45) is 0. The predicted molar refractivity (Wildman–Crippen MR) is 55.3 cm³/mol. The van der Waals surface area contributed by atoms with E-state index in [-0.39, 0.29) is 9.87 Å². The third-order valence-corrected chi connectivity index (χ3v) is 2.55. The average Bonchev–Trinajstić information content (AvgIpc) is 2.06. The summed E-state index contributed by atoms with van der Waals surface area (Å²) in [5.74, 6) is 0. The van der Waals surface area contributed by atoms with Crippen molar-refractivity contribution in [3.8, 4) is 0 Å². The van der Waals surface area contributed by atoms with E-state index in [1.807, 2.05) is 0 Å². The number of rotatable bonds is 0. The molecule has 0 amide bonds.